The van der Waals surface area contributed by atoms with Gasteiger partial charge in [0, 0.05) is 5.39 Å². The Morgan fingerprint density at radius 1 is 1.45 bits per heavy atom. The molecule has 0 bridgehead atoms. The molecule has 0 fully saturated rings. The van der Waals surface area contributed by atoms with Crippen molar-refractivity contribution in [2.24, 2.45) is 0 Å². The summed E-state index contributed by atoms with van der Waals surface area (Å²) in [6.07, 6.45) is -0.112. The SMILES string of the molecule is CC(C)Oc1c(C(=O)Nc2nnn[nH]2)sc2c(O)cccc12. The van der Waals surface area contributed by atoms with Crippen LogP contribution in [0.5, 0.6) is 11.5 Å². The molecule has 2 aromatic heterocycles. The van der Waals surface area contributed by atoms with Crippen molar-refractivity contribution in [1.82, 2.24) is 20.6 Å². The molecule has 0 spiro atoms. The third-order valence-electron chi connectivity index (χ3n) is 2.79. The van der Waals surface area contributed by atoms with Crippen LogP contribution < -0.4 is 10.1 Å². The monoisotopic (exact) mass is 319 g/mol. The van der Waals surface area contributed by atoms with Crippen LogP contribution in [0, 0.1) is 0 Å². The number of hydrogen-bond donors (Lipinski definition) is 3. The number of carbonyl (C=O) groups is 1. The van der Waals surface area contributed by atoms with E-state index in [1.807, 2.05) is 13.8 Å². The van der Waals surface area contributed by atoms with Crippen LogP contribution in [-0.2, 0) is 0 Å². The Bertz CT molecular complexity index is 813. The van der Waals surface area contributed by atoms with Crippen molar-refractivity contribution >= 4 is 33.3 Å². The molecule has 9 heteroatoms. The van der Waals surface area contributed by atoms with Gasteiger partial charge < -0.3 is 9.84 Å². The van der Waals surface area contributed by atoms with Gasteiger partial charge in [0.2, 0.25) is 5.95 Å². The molecule has 3 aromatic rings. The van der Waals surface area contributed by atoms with Crippen LogP contribution in [-0.4, -0.2) is 37.7 Å². The number of fused-ring (bicyclic) bond motifs is 1. The number of aromatic amines is 1. The van der Waals surface area contributed by atoms with Gasteiger partial charge in [0.15, 0.2) is 5.75 Å². The Hall–Kier alpha value is -2.68. The topological polar surface area (TPSA) is 113 Å². The first kappa shape index (κ1) is 14.3. The highest BCUT2D eigenvalue weighted by molar-refractivity contribution is 7.21. The zero-order valence-corrected chi connectivity index (χ0v) is 12.6. The predicted molar refractivity (Wildman–Crippen MR) is 81.4 cm³/mol. The van der Waals surface area contributed by atoms with E-state index in [0.717, 1.165) is 11.3 Å². The lowest BCUT2D eigenvalue weighted by atomic mass is 10.2. The normalized spacial score (nSPS) is 11.0. The number of carbonyl (C=O) groups excluding carboxylic acids is 1. The van der Waals surface area contributed by atoms with Gasteiger partial charge in [-0.2, -0.15) is 0 Å². The number of thiophene rings is 1. The Labute approximate surface area is 129 Å². The maximum absolute atomic E-state index is 12.4. The molecule has 8 nitrogen and oxygen atoms in total. The Morgan fingerprint density at radius 3 is 2.95 bits per heavy atom. The number of amides is 1. The molecule has 1 aromatic carbocycles. The van der Waals surface area contributed by atoms with Gasteiger partial charge in [-0.1, -0.05) is 11.2 Å². The quantitative estimate of drug-likeness (QED) is 0.679. The van der Waals surface area contributed by atoms with E-state index in [9.17, 15) is 9.90 Å². The lowest BCUT2D eigenvalue weighted by molar-refractivity contribution is 0.102. The number of nitrogens with zero attached hydrogens (tertiary/aromatic N) is 3. The fourth-order valence-corrected chi connectivity index (χ4v) is 3.00. The van der Waals surface area contributed by atoms with E-state index in [1.54, 1.807) is 18.2 Å². The minimum Gasteiger partial charge on any atom is -0.506 e. The molecule has 114 valence electrons. The van der Waals surface area contributed by atoms with Gasteiger partial charge in [-0.3, -0.25) is 10.1 Å². The standard InChI is InChI=1S/C13H13N5O3S/c1-6(2)21-9-7-4-3-5-8(19)10(7)22-11(9)12(20)14-13-15-17-18-16-13/h3-6,19H,1-2H3,(H2,14,15,16,17,18,20). The van der Waals surface area contributed by atoms with E-state index in [-0.39, 0.29) is 17.8 Å². The first-order valence-corrected chi connectivity index (χ1v) is 7.34. The molecule has 0 unspecified atom stereocenters. The Kier molecular flexibility index (Phi) is 3.63. The number of ether oxygens (including phenoxy) is 1. The van der Waals surface area contributed by atoms with E-state index in [2.05, 4.69) is 25.9 Å². The molecule has 0 radical (unpaired) electrons. The smallest absolute Gasteiger partial charge is 0.271 e. The fourth-order valence-electron chi connectivity index (χ4n) is 1.96. The summed E-state index contributed by atoms with van der Waals surface area (Å²) in [5.74, 6) is 0.282. The largest absolute Gasteiger partial charge is 0.506 e. The van der Waals surface area contributed by atoms with E-state index >= 15 is 0 Å². The van der Waals surface area contributed by atoms with Crippen molar-refractivity contribution in [2.75, 3.05) is 5.32 Å². The zero-order valence-electron chi connectivity index (χ0n) is 11.8. The minimum absolute atomic E-state index is 0.108. The summed E-state index contributed by atoms with van der Waals surface area (Å²) in [5.41, 5.74) is 0. The van der Waals surface area contributed by atoms with Crippen LogP contribution in [0.1, 0.15) is 23.5 Å². The molecule has 2 heterocycles. The van der Waals surface area contributed by atoms with Crippen molar-refractivity contribution in [2.45, 2.75) is 20.0 Å². The van der Waals surface area contributed by atoms with Gasteiger partial charge in [0.05, 0.1) is 10.8 Å². The van der Waals surface area contributed by atoms with Gasteiger partial charge in [-0.15, -0.1) is 11.3 Å². The van der Waals surface area contributed by atoms with Crippen LogP contribution in [0.15, 0.2) is 18.2 Å². The van der Waals surface area contributed by atoms with Gasteiger partial charge >= 0.3 is 0 Å². The average molecular weight is 319 g/mol. The second-order valence-corrected chi connectivity index (χ2v) is 5.81. The van der Waals surface area contributed by atoms with Crippen molar-refractivity contribution in [3.05, 3.63) is 23.1 Å². The van der Waals surface area contributed by atoms with Crippen molar-refractivity contribution < 1.29 is 14.6 Å². The molecular weight excluding hydrogens is 306 g/mol. The average Bonchev–Trinajstić information content (AvgIpc) is 3.08. The molecule has 0 saturated carbocycles. The lowest BCUT2D eigenvalue weighted by Crippen LogP contribution is -2.14. The Morgan fingerprint density at radius 2 is 2.27 bits per heavy atom. The summed E-state index contributed by atoms with van der Waals surface area (Å²) >= 11 is 1.15. The van der Waals surface area contributed by atoms with Crippen LogP contribution in [0.4, 0.5) is 5.95 Å². The summed E-state index contributed by atoms with van der Waals surface area (Å²) in [5, 5.41) is 26.1. The third kappa shape index (κ3) is 2.58. The summed E-state index contributed by atoms with van der Waals surface area (Å²) in [4.78, 5) is 12.8. The van der Waals surface area contributed by atoms with Gasteiger partial charge in [0.1, 0.15) is 10.6 Å². The van der Waals surface area contributed by atoms with Crippen molar-refractivity contribution in [3.8, 4) is 11.5 Å². The number of hydrogen-bond acceptors (Lipinski definition) is 7. The number of anilines is 1. The van der Waals surface area contributed by atoms with Crippen LogP contribution >= 0.6 is 11.3 Å². The highest BCUT2D eigenvalue weighted by Crippen LogP contribution is 2.42. The Balaban J connectivity index is 2.07. The molecule has 0 saturated heterocycles. The van der Waals surface area contributed by atoms with E-state index in [1.165, 1.54) is 0 Å². The van der Waals surface area contributed by atoms with E-state index in [0.29, 0.717) is 20.7 Å². The second kappa shape index (κ2) is 5.60. The lowest BCUT2D eigenvalue weighted by Gasteiger charge is -2.10. The number of aromatic nitrogens is 4. The minimum atomic E-state index is -0.408. The van der Waals surface area contributed by atoms with Crippen molar-refractivity contribution in [1.29, 1.82) is 0 Å². The van der Waals surface area contributed by atoms with Gasteiger partial charge in [-0.05, 0) is 36.4 Å². The maximum atomic E-state index is 12.4. The molecule has 3 N–H and O–H groups in total. The first-order valence-electron chi connectivity index (χ1n) is 6.52. The molecule has 0 aliphatic heterocycles. The number of rotatable bonds is 4. The van der Waals surface area contributed by atoms with Gasteiger partial charge in [0.25, 0.3) is 5.91 Å². The van der Waals surface area contributed by atoms with Crippen LogP contribution in [0.3, 0.4) is 0 Å². The number of benzene rings is 1. The molecule has 0 atom stereocenters. The first-order chi connectivity index (χ1) is 10.6. The second-order valence-electron chi connectivity index (χ2n) is 4.78. The summed E-state index contributed by atoms with van der Waals surface area (Å²) in [7, 11) is 0. The molecule has 3 rings (SSSR count). The number of tetrazole rings is 1. The number of phenols is 1. The zero-order chi connectivity index (χ0) is 15.7. The molecule has 0 aliphatic rings. The predicted octanol–water partition coefficient (Wildman–Crippen LogP) is 2.16. The summed E-state index contributed by atoms with van der Waals surface area (Å²) in [6.45, 7) is 3.74. The van der Waals surface area contributed by atoms with Crippen LogP contribution in [0.25, 0.3) is 10.1 Å². The number of phenolic OH excluding ortho intramolecular Hbond substituents is 1. The summed E-state index contributed by atoms with van der Waals surface area (Å²) < 4.78 is 6.37. The highest BCUT2D eigenvalue weighted by Gasteiger charge is 2.23. The summed E-state index contributed by atoms with van der Waals surface area (Å²) in [6, 6.07) is 5.08. The van der Waals surface area contributed by atoms with E-state index in [4.69, 9.17) is 4.74 Å². The van der Waals surface area contributed by atoms with Gasteiger partial charge in [-0.25, -0.2) is 5.10 Å². The number of aromatic hydroxyl groups is 1. The number of H-pyrrole nitrogens is 1. The molecular formula is C13H13N5O3S. The third-order valence-corrected chi connectivity index (χ3v) is 3.99. The fraction of sp³-hybridized carbons (Fsp3) is 0.231. The highest BCUT2D eigenvalue weighted by atomic mass is 32.1. The van der Waals surface area contributed by atoms with Crippen molar-refractivity contribution in [3.63, 3.8) is 0 Å². The molecule has 0 aliphatic carbocycles. The van der Waals surface area contributed by atoms with Crippen LogP contribution in [0.2, 0.25) is 0 Å². The number of nitrogens with one attached hydrogen (secondary N) is 2. The molecule has 1 amide bonds. The maximum Gasteiger partial charge on any atom is 0.271 e. The molecule has 22 heavy (non-hydrogen) atoms. The van der Waals surface area contributed by atoms with E-state index < -0.39 is 5.91 Å².